The van der Waals surface area contributed by atoms with Gasteiger partial charge in [0.05, 0.1) is 18.1 Å². The van der Waals surface area contributed by atoms with Gasteiger partial charge in [0, 0.05) is 16.5 Å². The molecule has 0 saturated heterocycles. The van der Waals surface area contributed by atoms with Crippen LogP contribution in [0.2, 0.25) is 0 Å². The van der Waals surface area contributed by atoms with Gasteiger partial charge in [-0.15, -0.1) is 0 Å². The Morgan fingerprint density at radius 2 is 2.00 bits per heavy atom. The van der Waals surface area contributed by atoms with E-state index in [9.17, 15) is 4.79 Å². The number of fused-ring (bicyclic) bond motifs is 1. The van der Waals surface area contributed by atoms with E-state index in [0.29, 0.717) is 5.56 Å². The van der Waals surface area contributed by atoms with Gasteiger partial charge in [0.15, 0.2) is 5.16 Å². The molecule has 0 unspecified atom stereocenters. The van der Waals surface area contributed by atoms with E-state index >= 15 is 0 Å². The van der Waals surface area contributed by atoms with E-state index in [4.69, 9.17) is 4.74 Å². The topological polar surface area (TPSA) is 55.0 Å². The molecule has 2 aromatic carbocycles. The largest absolute Gasteiger partial charge is 0.497 e. The Hall–Kier alpha value is -2.27. The molecule has 1 aromatic heterocycles. The Balaban J connectivity index is 1.87. The lowest BCUT2D eigenvalue weighted by atomic mass is 10.2. The smallest absolute Gasteiger partial charge is 0.171 e. The number of aromatic amines is 1. The summed E-state index contributed by atoms with van der Waals surface area (Å²) < 4.78 is 5.19. The van der Waals surface area contributed by atoms with Crippen molar-refractivity contribution in [2.45, 2.75) is 10.1 Å². The standard InChI is InChI=1S/C15H12N2O2S/c1-19-11-4-7-13-14(8-11)17-15(16-13)20-12-5-2-10(9-18)3-6-12/h2-9H,1H3,(H,16,17). The lowest BCUT2D eigenvalue weighted by Crippen LogP contribution is -1.81. The van der Waals surface area contributed by atoms with Gasteiger partial charge in [0.25, 0.3) is 0 Å². The number of hydrogen-bond acceptors (Lipinski definition) is 4. The monoisotopic (exact) mass is 284 g/mol. The molecule has 3 aromatic rings. The molecule has 100 valence electrons. The normalized spacial score (nSPS) is 10.7. The molecule has 0 spiro atoms. The first kappa shape index (κ1) is 12.7. The molecule has 0 atom stereocenters. The molecule has 1 heterocycles. The average molecular weight is 284 g/mol. The summed E-state index contributed by atoms with van der Waals surface area (Å²) in [6.45, 7) is 0. The van der Waals surface area contributed by atoms with Crippen molar-refractivity contribution >= 4 is 29.1 Å². The number of ether oxygens (including phenoxy) is 1. The number of nitrogens with zero attached hydrogens (tertiary/aromatic N) is 1. The van der Waals surface area contributed by atoms with E-state index < -0.39 is 0 Å². The predicted molar refractivity (Wildman–Crippen MR) is 78.6 cm³/mol. The predicted octanol–water partition coefficient (Wildman–Crippen LogP) is 3.54. The third-order valence-electron chi connectivity index (χ3n) is 2.90. The second kappa shape index (κ2) is 5.38. The first-order chi connectivity index (χ1) is 9.78. The minimum absolute atomic E-state index is 0.670. The van der Waals surface area contributed by atoms with E-state index in [0.717, 1.165) is 33.1 Å². The van der Waals surface area contributed by atoms with Gasteiger partial charge in [0.1, 0.15) is 12.0 Å². The second-order valence-electron chi connectivity index (χ2n) is 4.21. The zero-order valence-electron chi connectivity index (χ0n) is 10.8. The van der Waals surface area contributed by atoms with Crippen LogP contribution in [0.15, 0.2) is 52.5 Å². The van der Waals surface area contributed by atoms with Crippen LogP contribution in [0, 0.1) is 0 Å². The second-order valence-corrected chi connectivity index (χ2v) is 5.28. The van der Waals surface area contributed by atoms with Gasteiger partial charge in [-0.3, -0.25) is 4.79 Å². The van der Waals surface area contributed by atoms with Gasteiger partial charge in [-0.1, -0.05) is 23.9 Å². The molecule has 0 radical (unpaired) electrons. The molecule has 3 rings (SSSR count). The zero-order valence-corrected chi connectivity index (χ0v) is 11.6. The fourth-order valence-electron chi connectivity index (χ4n) is 1.87. The van der Waals surface area contributed by atoms with Gasteiger partial charge in [-0.05, 0) is 24.3 Å². The van der Waals surface area contributed by atoms with Crippen molar-refractivity contribution in [3.63, 3.8) is 0 Å². The van der Waals surface area contributed by atoms with Gasteiger partial charge < -0.3 is 9.72 Å². The van der Waals surface area contributed by atoms with E-state index in [-0.39, 0.29) is 0 Å². The number of imidazole rings is 1. The van der Waals surface area contributed by atoms with Crippen LogP contribution in [0.25, 0.3) is 11.0 Å². The highest BCUT2D eigenvalue weighted by Gasteiger charge is 2.05. The number of hydrogen-bond donors (Lipinski definition) is 1. The van der Waals surface area contributed by atoms with Crippen LogP contribution >= 0.6 is 11.8 Å². The molecule has 0 aliphatic carbocycles. The van der Waals surface area contributed by atoms with Crippen molar-refractivity contribution in [3.8, 4) is 5.75 Å². The van der Waals surface area contributed by atoms with Crippen molar-refractivity contribution in [3.05, 3.63) is 48.0 Å². The van der Waals surface area contributed by atoms with Crippen LogP contribution in [0.1, 0.15) is 10.4 Å². The van der Waals surface area contributed by atoms with Gasteiger partial charge in [-0.2, -0.15) is 0 Å². The quantitative estimate of drug-likeness (QED) is 0.745. The molecule has 20 heavy (non-hydrogen) atoms. The lowest BCUT2D eigenvalue weighted by Gasteiger charge is -1.97. The maximum Gasteiger partial charge on any atom is 0.171 e. The number of nitrogens with one attached hydrogen (secondary N) is 1. The molecule has 0 bridgehead atoms. The highest BCUT2D eigenvalue weighted by Crippen LogP contribution is 2.28. The van der Waals surface area contributed by atoms with Gasteiger partial charge >= 0.3 is 0 Å². The van der Waals surface area contributed by atoms with Crippen molar-refractivity contribution in [1.29, 1.82) is 0 Å². The summed E-state index contributed by atoms with van der Waals surface area (Å²) in [5.74, 6) is 0.799. The third-order valence-corrected chi connectivity index (χ3v) is 3.79. The summed E-state index contributed by atoms with van der Waals surface area (Å²) in [5.41, 5.74) is 2.51. The summed E-state index contributed by atoms with van der Waals surface area (Å²) in [5, 5.41) is 0.812. The lowest BCUT2D eigenvalue weighted by molar-refractivity contribution is 0.112. The minimum atomic E-state index is 0.670. The number of rotatable bonds is 4. The maximum absolute atomic E-state index is 10.6. The molecular weight excluding hydrogens is 272 g/mol. The molecule has 1 N–H and O–H groups in total. The molecule has 0 aliphatic heterocycles. The zero-order chi connectivity index (χ0) is 13.9. The Bertz CT molecular complexity index is 750. The van der Waals surface area contributed by atoms with E-state index in [1.165, 1.54) is 11.8 Å². The molecular formula is C15H12N2O2S. The van der Waals surface area contributed by atoms with Crippen molar-refractivity contribution in [1.82, 2.24) is 9.97 Å². The van der Waals surface area contributed by atoms with E-state index in [2.05, 4.69) is 9.97 Å². The SMILES string of the molecule is COc1ccc2nc(Sc3ccc(C=O)cc3)[nH]c2c1. The van der Waals surface area contributed by atoms with Crippen molar-refractivity contribution in [2.75, 3.05) is 7.11 Å². The van der Waals surface area contributed by atoms with Crippen LogP contribution in [-0.2, 0) is 0 Å². The minimum Gasteiger partial charge on any atom is -0.497 e. The number of benzene rings is 2. The summed E-state index contributed by atoms with van der Waals surface area (Å²) in [7, 11) is 1.64. The Morgan fingerprint density at radius 3 is 2.70 bits per heavy atom. The number of carbonyl (C=O) groups is 1. The van der Waals surface area contributed by atoms with E-state index in [1.54, 1.807) is 19.2 Å². The Morgan fingerprint density at radius 1 is 1.20 bits per heavy atom. The molecule has 5 heteroatoms. The van der Waals surface area contributed by atoms with Crippen LogP contribution in [-0.4, -0.2) is 23.4 Å². The van der Waals surface area contributed by atoms with Crippen LogP contribution in [0.4, 0.5) is 0 Å². The Kier molecular flexibility index (Phi) is 3.43. The summed E-state index contributed by atoms with van der Waals surface area (Å²) in [6, 6.07) is 13.1. The number of aldehydes is 1. The number of carbonyl (C=O) groups excluding carboxylic acids is 1. The van der Waals surface area contributed by atoms with Crippen LogP contribution in [0.5, 0.6) is 5.75 Å². The fraction of sp³-hybridized carbons (Fsp3) is 0.0667. The first-order valence-electron chi connectivity index (χ1n) is 6.05. The van der Waals surface area contributed by atoms with Crippen LogP contribution < -0.4 is 4.74 Å². The summed E-state index contributed by atoms with van der Waals surface area (Å²) in [6.07, 6.45) is 0.835. The number of H-pyrrole nitrogens is 1. The first-order valence-corrected chi connectivity index (χ1v) is 6.87. The maximum atomic E-state index is 10.6. The molecule has 0 aliphatic rings. The van der Waals surface area contributed by atoms with Gasteiger partial charge in [-0.25, -0.2) is 4.98 Å². The van der Waals surface area contributed by atoms with Crippen LogP contribution in [0.3, 0.4) is 0 Å². The molecule has 0 amide bonds. The van der Waals surface area contributed by atoms with E-state index in [1.807, 2.05) is 30.3 Å². The highest BCUT2D eigenvalue weighted by molar-refractivity contribution is 7.99. The summed E-state index contributed by atoms with van der Waals surface area (Å²) >= 11 is 1.52. The highest BCUT2D eigenvalue weighted by atomic mass is 32.2. The third kappa shape index (κ3) is 2.53. The summed E-state index contributed by atoms with van der Waals surface area (Å²) in [4.78, 5) is 19.4. The van der Waals surface area contributed by atoms with Crippen molar-refractivity contribution in [2.24, 2.45) is 0 Å². The Labute approximate surface area is 120 Å². The number of aromatic nitrogens is 2. The fourth-order valence-corrected chi connectivity index (χ4v) is 2.67. The average Bonchev–Trinajstić information content (AvgIpc) is 2.89. The molecule has 0 saturated carbocycles. The van der Waals surface area contributed by atoms with Gasteiger partial charge in [0.2, 0.25) is 0 Å². The number of methoxy groups -OCH3 is 1. The van der Waals surface area contributed by atoms with Crippen molar-refractivity contribution < 1.29 is 9.53 Å². The molecule has 4 nitrogen and oxygen atoms in total. The molecule has 0 fully saturated rings.